The summed E-state index contributed by atoms with van der Waals surface area (Å²) in [6.45, 7) is 4.28. The molecule has 0 spiro atoms. The molecule has 0 atom stereocenters. The third-order valence-electron chi connectivity index (χ3n) is 2.18. The Balaban J connectivity index is 2.54. The van der Waals surface area contributed by atoms with E-state index in [4.69, 9.17) is 4.42 Å². The van der Waals surface area contributed by atoms with E-state index in [-0.39, 0.29) is 5.76 Å². The summed E-state index contributed by atoms with van der Waals surface area (Å²) in [6, 6.07) is 7.34. The lowest BCUT2D eigenvalue weighted by Gasteiger charge is -2.02. The first-order chi connectivity index (χ1) is 7.22. The van der Waals surface area contributed by atoms with Gasteiger partial charge in [-0.25, -0.2) is 4.79 Å². The van der Waals surface area contributed by atoms with Crippen molar-refractivity contribution >= 4 is 23.7 Å². The van der Waals surface area contributed by atoms with Gasteiger partial charge < -0.3 is 4.42 Å². The molecule has 0 amide bonds. The topological polar surface area (TPSA) is 35.1 Å². The summed E-state index contributed by atoms with van der Waals surface area (Å²) in [5.74, 6) is 0.213. The number of thiol groups is 1. The van der Waals surface area contributed by atoms with Gasteiger partial charge in [-0.1, -0.05) is 18.7 Å². The first-order valence-corrected chi connectivity index (χ1v) is 5.21. The first-order valence-electron chi connectivity index (χ1n) is 4.58. The molecule has 0 aliphatic carbocycles. The van der Waals surface area contributed by atoms with E-state index in [9.17, 15) is 4.79 Å². The average molecular weight is 221 g/mol. The molecule has 78 valence electrons. The Morgan fingerprint density at radius 3 is 2.93 bits per heavy atom. The highest BCUT2D eigenvalue weighted by molar-refractivity contribution is 7.80. The largest absolute Gasteiger partial charge is 0.420 e. The predicted molar refractivity (Wildman–Crippen MR) is 63.5 cm³/mol. The highest BCUT2D eigenvalue weighted by Gasteiger charge is 2.08. The van der Waals surface area contributed by atoms with Gasteiger partial charge in [0, 0.05) is 5.75 Å². The van der Waals surface area contributed by atoms with E-state index in [0.29, 0.717) is 17.9 Å². The third kappa shape index (κ3) is 1.85. The molecule has 0 bridgehead atoms. The summed E-state index contributed by atoms with van der Waals surface area (Å²) >= 11 is 4.11. The van der Waals surface area contributed by atoms with Crippen LogP contribution < -0.4 is 5.76 Å². The quantitative estimate of drug-likeness (QED) is 0.636. The Labute approximate surface area is 92.4 Å². The van der Waals surface area contributed by atoms with Crippen LogP contribution in [0.5, 0.6) is 0 Å². The number of aromatic nitrogens is 1. The molecule has 3 nitrogen and oxygen atoms in total. The number of nitrogens with zero attached hydrogens (tertiary/aromatic N) is 1. The van der Waals surface area contributed by atoms with Crippen LogP contribution in [0.15, 0.2) is 45.6 Å². The lowest BCUT2D eigenvalue weighted by molar-refractivity contribution is 0.517. The number of hydrogen-bond donors (Lipinski definition) is 1. The van der Waals surface area contributed by atoms with Crippen molar-refractivity contribution in [2.45, 2.75) is 6.54 Å². The molecular formula is C11H11NO2S. The van der Waals surface area contributed by atoms with Crippen molar-refractivity contribution < 1.29 is 4.42 Å². The van der Waals surface area contributed by atoms with E-state index < -0.39 is 0 Å². The van der Waals surface area contributed by atoms with Crippen LogP contribution in [0.2, 0.25) is 0 Å². The van der Waals surface area contributed by atoms with Crippen molar-refractivity contribution in [3.63, 3.8) is 0 Å². The summed E-state index contributed by atoms with van der Waals surface area (Å²) in [7, 11) is 0. The van der Waals surface area contributed by atoms with E-state index in [0.717, 1.165) is 11.1 Å². The summed E-state index contributed by atoms with van der Waals surface area (Å²) in [4.78, 5) is 11.5. The number of oxazole rings is 1. The minimum atomic E-state index is -0.348. The van der Waals surface area contributed by atoms with E-state index in [2.05, 4.69) is 19.2 Å². The van der Waals surface area contributed by atoms with Crippen LogP contribution in [0, 0.1) is 0 Å². The van der Waals surface area contributed by atoms with Crippen LogP contribution in [0.4, 0.5) is 0 Å². The molecule has 0 saturated heterocycles. The lowest BCUT2D eigenvalue weighted by Crippen LogP contribution is -2.15. The van der Waals surface area contributed by atoms with Gasteiger partial charge in [0.1, 0.15) is 0 Å². The Morgan fingerprint density at radius 2 is 2.20 bits per heavy atom. The maximum atomic E-state index is 11.5. The highest BCUT2D eigenvalue weighted by atomic mass is 32.1. The van der Waals surface area contributed by atoms with Crippen molar-refractivity contribution in [1.82, 2.24) is 4.57 Å². The Kier molecular flexibility index (Phi) is 2.68. The van der Waals surface area contributed by atoms with E-state index in [1.807, 2.05) is 18.2 Å². The second-order valence-electron chi connectivity index (χ2n) is 3.33. The summed E-state index contributed by atoms with van der Waals surface area (Å²) in [5.41, 5.74) is 2.28. The van der Waals surface area contributed by atoms with Crippen molar-refractivity contribution in [3.05, 3.63) is 47.0 Å². The second-order valence-corrected chi connectivity index (χ2v) is 3.65. The third-order valence-corrected chi connectivity index (χ3v) is 2.63. The standard InChI is InChI=1S/C11H11NO2S/c1-8(7-15)6-12-9-4-2-3-5-10(9)14-11(12)13/h2-5,15H,1,6-7H2. The Morgan fingerprint density at radius 1 is 1.47 bits per heavy atom. The fourth-order valence-corrected chi connectivity index (χ4v) is 1.54. The molecule has 1 aromatic carbocycles. The van der Waals surface area contributed by atoms with Gasteiger partial charge in [0.25, 0.3) is 0 Å². The molecular weight excluding hydrogens is 210 g/mol. The van der Waals surface area contributed by atoms with Crippen LogP contribution >= 0.6 is 12.6 Å². The lowest BCUT2D eigenvalue weighted by atomic mass is 10.3. The van der Waals surface area contributed by atoms with Gasteiger partial charge in [-0.05, 0) is 17.7 Å². The summed E-state index contributed by atoms with van der Waals surface area (Å²) in [5, 5.41) is 0. The van der Waals surface area contributed by atoms with Crippen LogP contribution in [-0.4, -0.2) is 10.3 Å². The fourth-order valence-electron chi connectivity index (χ4n) is 1.44. The number of fused-ring (bicyclic) bond motifs is 1. The smallest absolute Gasteiger partial charge is 0.408 e. The predicted octanol–water partition coefficient (Wildman–Crippen LogP) is 2.08. The second kappa shape index (κ2) is 3.98. The zero-order valence-electron chi connectivity index (χ0n) is 8.14. The van der Waals surface area contributed by atoms with Crippen LogP contribution in [-0.2, 0) is 6.54 Å². The molecule has 0 saturated carbocycles. The molecule has 2 rings (SSSR count). The minimum Gasteiger partial charge on any atom is -0.408 e. The van der Waals surface area contributed by atoms with Crippen molar-refractivity contribution in [2.75, 3.05) is 5.75 Å². The number of para-hydroxylation sites is 2. The van der Waals surface area contributed by atoms with Gasteiger partial charge >= 0.3 is 5.76 Å². The minimum absolute atomic E-state index is 0.348. The number of hydrogen-bond acceptors (Lipinski definition) is 3. The van der Waals surface area contributed by atoms with Gasteiger partial charge in [-0.15, -0.1) is 0 Å². The molecule has 0 radical (unpaired) electrons. The van der Waals surface area contributed by atoms with E-state index in [1.54, 1.807) is 10.6 Å². The molecule has 0 aliphatic rings. The van der Waals surface area contributed by atoms with Gasteiger partial charge in [0.15, 0.2) is 5.58 Å². The monoisotopic (exact) mass is 221 g/mol. The molecule has 2 aromatic rings. The van der Waals surface area contributed by atoms with Crippen molar-refractivity contribution in [3.8, 4) is 0 Å². The molecule has 1 heterocycles. The first kappa shape index (κ1) is 10.1. The molecule has 4 heteroatoms. The zero-order valence-corrected chi connectivity index (χ0v) is 9.04. The van der Waals surface area contributed by atoms with Gasteiger partial charge in [0.2, 0.25) is 0 Å². The fraction of sp³-hybridized carbons (Fsp3) is 0.182. The van der Waals surface area contributed by atoms with Gasteiger partial charge in [-0.2, -0.15) is 12.6 Å². The van der Waals surface area contributed by atoms with Crippen LogP contribution in [0.25, 0.3) is 11.1 Å². The van der Waals surface area contributed by atoms with Crippen molar-refractivity contribution in [1.29, 1.82) is 0 Å². The zero-order chi connectivity index (χ0) is 10.8. The molecule has 15 heavy (non-hydrogen) atoms. The average Bonchev–Trinajstić information content (AvgIpc) is 2.55. The van der Waals surface area contributed by atoms with Gasteiger partial charge in [-0.3, -0.25) is 4.57 Å². The van der Waals surface area contributed by atoms with Crippen LogP contribution in [0.1, 0.15) is 0 Å². The summed E-state index contributed by atoms with van der Waals surface area (Å²) < 4.78 is 6.65. The number of rotatable bonds is 3. The SMILES string of the molecule is C=C(CS)Cn1c(=O)oc2ccccc21. The molecule has 1 aromatic heterocycles. The van der Waals surface area contributed by atoms with E-state index >= 15 is 0 Å². The Bertz CT molecular complexity index is 553. The highest BCUT2D eigenvalue weighted by Crippen LogP contribution is 2.12. The van der Waals surface area contributed by atoms with Crippen LogP contribution in [0.3, 0.4) is 0 Å². The molecule has 0 aliphatic heterocycles. The number of benzene rings is 1. The molecule has 0 unspecified atom stereocenters. The molecule has 0 fully saturated rings. The van der Waals surface area contributed by atoms with Crippen molar-refractivity contribution in [2.24, 2.45) is 0 Å². The summed E-state index contributed by atoms with van der Waals surface area (Å²) in [6.07, 6.45) is 0. The van der Waals surface area contributed by atoms with E-state index in [1.165, 1.54) is 0 Å². The normalized spacial score (nSPS) is 10.7. The maximum absolute atomic E-state index is 11.5. The Hall–Kier alpha value is -1.42. The maximum Gasteiger partial charge on any atom is 0.420 e. The van der Waals surface area contributed by atoms with Gasteiger partial charge in [0.05, 0.1) is 12.1 Å². The molecule has 0 N–H and O–H groups in total.